The van der Waals surface area contributed by atoms with E-state index in [1.165, 1.54) is 0 Å². The van der Waals surface area contributed by atoms with Crippen molar-refractivity contribution in [3.8, 4) is 11.1 Å². The van der Waals surface area contributed by atoms with Crippen LogP contribution in [-0.2, 0) is 10.3 Å². The van der Waals surface area contributed by atoms with Crippen LogP contribution in [0.4, 0.5) is 0 Å². The number of benzene rings is 2. The fourth-order valence-electron chi connectivity index (χ4n) is 3.04. The number of esters is 1. The smallest absolute Gasteiger partial charge is 0.338 e. The quantitative estimate of drug-likeness (QED) is 0.839. The zero-order valence-electron chi connectivity index (χ0n) is 14.2. The lowest BCUT2D eigenvalue weighted by Gasteiger charge is -2.30. The second kappa shape index (κ2) is 6.95. The van der Waals surface area contributed by atoms with Crippen molar-refractivity contribution in [3.05, 3.63) is 83.6 Å². The molecule has 0 saturated heterocycles. The molecular formula is C21H22N2O2. The third-order valence-corrected chi connectivity index (χ3v) is 4.36. The summed E-state index contributed by atoms with van der Waals surface area (Å²) >= 11 is 0. The summed E-state index contributed by atoms with van der Waals surface area (Å²) in [4.78, 5) is 12.0. The molecule has 3 rings (SSSR count). The Hall–Kier alpha value is -2.85. The van der Waals surface area contributed by atoms with E-state index in [-0.39, 0.29) is 5.97 Å². The van der Waals surface area contributed by atoms with Crippen LogP contribution in [0.25, 0.3) is 11.1 Å². The van der Waals surface area contributed by atoms with Crippen molar-refractivity contribution in [2.24, 2.45) is 11.5 Å². The largest absolute Gasteiger partial charge is 0.462 e. The Balaban J connectivity index is 2.04. The first-order chi connectivity index (χ1) is 12.0. The Morgan fingerprint density at radius 3 is 2.72 bits per heavy atom. The summed E-state index contributed by atoms with van der Waals surface area (Å²) in [7, 11) is 0. The molecule has 25 heavy (non-hydrogen) atoms. The highest BCUT2D eigenvalue weighted by Crippen LogP contribution is 2.35. The zero-order chi connectivity index (χ0) is 17.9. The minimum absolute atomic E-state index is 0.322. The number of hydrogen-bond donors (Lipinski definition) is 2. The molecule has 1 aliphatic carbocycles. The van der Waals surface area contributed by atoms with Crippen LogP contribution in [0.2, 0.25) is 0 Å². The van der Waals surface area contributed by atoms with Gasteiger partial charge in [0.2, 0.25) is 0 Å². The van der Waals surface area contributed by atoms with Gasteiger partial charge in [0.1, 0.15) is 0 Å². The molecule has 0 bridgehead atoms. The molecule has 4 heteroatoms. The summed E-state index contributed by atoms with van der Waals surface area (Å²) in [6.45, 7) is 2.15. The number of allylic oxidation sites excluding steroid dienone is 1. The molecule has 0 aliphatic heterocycles. The van der Waals surface area contributed by atoms with E-state index in [1.54, 1.807) is 13.0 Å². The predicted octanol–water partition coefficient (Wildman–Crippen LogP) is 3.49. The van der Waals surface area contributed by atoms with Gasteiger partial charge < -0.3 is 16.2 Å². The summed E-state index contributed by atoms with van der Waals surface area (Å²) in [6, 6.07) is 15.4. The fraction of sp³-hybridized carbons (Fsp3) is 0.190. The Bertz CT molecular complexity index is 854. The average Bonchev–Trinajstić information content (AvgIpc) is 2.65. The minimum Gasteiger partial charge on any atom is -0.462 e. The van der Waals surface area contributed by atoms with E-state index in [4.69, 9.17) is 16.2 Å². The van der Waals surface area contributed by atoms with Gasteiger partial charge in [-0.2, -0.15) is 0 Å². The lowest BCUT2D eigenvalue weighted by molar-refractivity contribution is 0.0526. The number of hydrogen-bond acceptors (Lipinski definition) is 4. The highest BCUT2D eigenvalue weighted by molar-refractivity contribution is 5.91. The second-order valence-corrected chi connectivity index (χ2v) is 6.13. The van der Waals surface area contributed by atoms with Gasteiger partial charge in [-0.15, -0.1) is 0 Å². The second-order valence-electron chi connectivity index (χ2n) is 6.13. The van der Waals surface area contributed by atoms with Crippen molar-refractivity contribution in [3.63, 3.8) is 0 Å². The van der Waals surface area contributed by atoms with Crippen LogP contribution in [0.5, 0.6) is 0 Å². The summed E-state index contributed by atoms with van der Waals surface area (Å²) < 4.78 is 5.10. The van der Waals surface area contributed by atoms with Gasteiger partial charge in [0.05, 0.1) is 17.7 Å². The highest BCUT2D eigenvalue weighted by Gasteiger charge is 2.28. The van der Waals surface area contributed by atoms with Gasteiger partial charge in [-0.1, -0.05) is 48.6 Å². The van der Waals surface area contributed by atoms with E-state index in [0.29, 0.717) is 18.6 Å². The van der Waals surface area contributed by atoms with Crippen molar-refractivity contribution in [2.75, 3.05) is 6.61 Å². The molecule has 0 amide bonds. The molecule has 4 nitrogen and oxygen atoms in total. The van der Waals surface area contributed by atoms with Crippen LogP contribution in [0.3, 0.4) is 0 Å². The van der Waals surface area contributed by atoms with Gasteiger partial charge in [0, 0.05) is 5.70 Å². The summed E-state index contributed by atoms with van der Waals surface area (Å²) in [5, 5.41) is 0. The van der Waals surface area contributed by atoms with E-state index in [0.717, 1.165) is 22.4 Å². The zero-order valence-corrected chi connectivity index (χ0v) is 14.2. The summed E-state index contributed by atoms with van der Waals surface area (Å²) in [5.74, 6) is -0.322. The Labute approximate surface area is 147 Å². The average molecular weight is 334 g/mol. The first kappa shape index (κ1) is 17.0. The van der Waals surface area contributed by atoms with Gasteiger partial charge in [0.15, 0.2) is 0 Å². The Morgan fingerprint density at radius 2 is 2.00 bits per heavy atom. The van der Waals surface area contributed by atoms with E-state index < -0.39 is 5.54 Å². The Kier molecular flexibility index (Phi) is 4.72. The Morgan fingerprint density at radius 1 is 1.20 bits per heavy atom. The van der Waals surface area contributed by atoms with E-state index in [9.17, 15) is 4.79 Å². The predicted molar refractivity (Wildman–Crippen MR) is 99.7 cm³/mol. The molecule has 2 aromatic carbocycles. The molecular weight excluding hydrogens is 312 g/mol. The van der Waals surface area contributed by atoms with Crippen LogP contribution >= 0.6 is 0 Å². The molecule has 1 atom stereocenters. The summed E-state index contributed by atoms with van der Waals surface area (Å²) in [6.07, 6.45) is 6.35. The lowest BCUT2D eigenvalue weighted by atomic mass is 9.80. The minimum atomic E-state index is -0.626. The molecule has 0 radical (unpaired) electrons. The van der Waals surface area contributed by atoms with Crippen molar-refractivity contribution < 1.29 is 9.53 Å². The number of nitrogens with two attached hydrogens (primary N) is 2. The molecule has 1 aliphatic rings. The molecule has 2 aromatic rings. The van der Waals surface area contributed by atoms with Crippen LogP contribution in [-0.4, -0.2) is 12.6 Å². The highest BCUT2D eigenvalue weighted by atomic mass is 16.5. The first-order valence-electron chi connectivity index (χ1n) is 8.34. The van der Waals surface area contributed by atoms with Gasteiger partial charge in [-0.25, -0.2) is 4.79 Å². The van der Waals surface area contributed by atoms with E-state index >= 15 is 0 Å². The number of carbonyl (C=O) groups excluding carboxylic acids is 1. The molecule has 0 aromatic heterocycles. The molecule has 4 N–H and O–H groups in total. The maximum absolute atomic E-state index is 12.0. The SMILES string of the molecule is CCOC(=O)c1cccc(-c2ccccc2C2(N)C=CC(N)=CC2)c1. The molecule has 0 fully saturated rings. The number of rotatable bonds is 4. The van der Waals surface area contributed by atoms with Crippen molar-refractivity contribution in [2.45, 2.75) is 18.9 Å². The van der Waals surface area contributed by atoms with Gasteiger partial charge in [-0.3, -0.25) is 0 Å². The topological polar surface area (TPSA) is 78.3 Å². The maximum atomic E-state index is 12.0. The maximum Gasteiger partial charge on any atom is 0.338 e. The van der Waals surface area contributed by atoms with Crippen LogP contribution in [0.15, 0.2) is 72.5 Å². The first-order valence-corrected chi connectivity index (χ1v) is 8.34. The van der Waals surface area contributed by atoms with Gasteiger partial charge in [0.25, 0.3) is 0 Å². The fourth-order valence-corrected chi connectivity index (χ4v) is 3.04. The van der Waals surface area contributed by atoms with Crippen LogP contribution < -0.4 is 11.5 Å². The van der Waals surface area contributed by atoms with Gasteiger partial charge in [-0.05, 0) is 48.2 Å². The number of carbonyl (C=O) groups is 1. The normalized spacial score (nSPS) is 19.4. The third-order valence-electron chi connectivity index (χ3n) is 4.36. The van der Waals surface area contributed by atoms with Crippen molar-refractivity contribution >= 4 is 5.97 Å². The molecule has 0 saturated carbocycles. The molecule has 0 spiro atoms. The summed E-state index contributed by atoms with van der Waals surface area (Å²) in [5.41, 5.74) is 16.0. The van der Waals surface area contributed by atoms with Crippen molar-refractivity contribution in [1.82, 2.24) is 0 Å². The number of ether oxygens (including phenoxy) is 1. The molecule has 128 valence electrons. The monoisotopic (exact) mass is 334 g/mol. The van der Waals surface area contributed by atoms with Crippen LogP contribution in [0.1, 0.15) is 29.3 Å². The molecule has 0 heterocycles. The van der Waals surface area contributed by atoms with Crippen molar-refractivity contribution in [1.29, 1.82) is 0 Å². The third kappa shape index (κ3) is 3.49. The standard InChI is InChI=1S/C21H22N2O2/c1-2-25-20(24)16-7-5-6-15(14-16)18-8-3-4-9-19(18)21(23)12-10-17(22)11-13-21/h3-12,14H,2,13,22-23H2,1H3. The van der Waals surface area contributed by atoms with E-state index in [2.05, 4.69) is 0 Å². The van der Waals surface area contributed by atoms with Gasteiger partial charge >= 0.3 is 5.97 Å². The van der Waals surface area contributed by atoms with Crippen LogP contribution in [0, 0.1) is 0 Å². The van der Waals surface area contributed by atoms with E-state index in [1.807, 2.05) is 60.7 Å². The molecule has 1 unspecified atom stereocenters. The lowest BCUT2D eigenvalue weighted by Crippen LogP contribution is -2.36.